The van der Waals surface area contributed by atoms with Gasteiger partial charge in [-0.05, 0) is 67.3 Å². The number of nitrogens with one attached hydrogen (secondary N) is 2. The number of likely N-dealkylation sites (N-methyl/N-ethyl adjacent to an activating group) is 1. The van der Waals surface area contributed by atoms with Crippen LogP contribution in [0.25, 0.3) is 5.65 Å². The number of pyridine rings is 1. The Balaban J connectivity index is 1.38. The molecule has 0 atom stereocenters. The number of aryl methyl sites for hydroxylation is 1. The topological polar surface area (TPSA) is 103 Å². The number of allylic oxidation sites excluding steroid dienone is 2. The third-order valence-corrected chi connectivity index (χ3v) is 7.99. The van der Waals surface area contributed by atoms with E-state index in [1.54, 1.807) is 35.9 Å². The van der Waals surface area contributed by atoms with Gasteiger partial charge in [0.1, 0.15) is 11.5 Å². The maximum absolute atomic E-state index is 15.0. The second kappa shape index (κ2) is 14.0. The van der Waals surface area contributed by atoms with Gasteiger partial charge < -0.3 is 21.4 Å². The molecule has 1 fully saturated rings. The maximum atomic E-state index is 15.0. The molecule has 1 saturated heterocycles. The minimum absolute atomic E-state index is 0.0643. The number of alkyl halides is 3. The number of imidazole rings is 1. The van der Waals surface area contributed by atoms with E-state index in [0.29, 0.717) is 53.5 Å². The van der Waals surface area contributed by atoms with Gasteiger partial charge in [0.15, 0.2) is 5.65 Å². The quantitative estimate of drug-likeness (QED) is 0.0744. The fourth-order valence-electron chi connectivity index (χ4n) is 5.27. The summed E-state index contributed by atoms with van der Waals surface area (Å²) in [4.78, 5) is 21.5. The summed E-state index contributed by atoms with van der Waals surface area (Å²) in [6.45, 7) is 9.20. The number of rotatable bonds is 7. The van der Waals surface area contributed by atoms with E-state index in [1.807, 2.05) is 29.8 Å². The lowest BCUT2D eigenvalue weighted by Gasteiger charge is -2.35. The number of benzene rings is 2. The molecule has 0 bridgehead atoms. The molecule has 48 heavy (non-hydrogen) atoms. The number of hydrazone groups is 1. The standard InChI is InChI=1S/C35H34F4N8O/c1-5-26(18-42-40)43-32-7-6-12-47-28(19-41-33(32)47)11-9-24-16-29(31(36)15-22(24)2)34(48)44-27-10-8-25(30(17-27)35(37,38)39)21-46-14-13-45(4)23(3)20-46/h5-8,10,12,15-19,43H,3,13-14,20-21,40H2,1-2,4H3,(H,44,48)/b26-5+,42-18-. The van der Waals surface area contributed by atoms with Crippen LogP contribution in [-0.4, -0.2) is 58.0 Å². The monoisotopic (exact) mass is 658 g/mol. The van der Waals surface area contributed by atoms with Gasteiger partial charge in [0, 0.05) is 56.4 Å². The number of aromatic nitrogens is 2. The molecule has 1 aliphatic heterocycles. The summed E-state index contributed by atoms with van der Waals surface area (Å²) in [5.74, 6) is 9.54. The van der Waals surface area contributed by atoms with Gasteiger partial charge in [-0.2, -0.15) is 18.3 Å². The molecule has 0 aliphatic carbocycles. The fraction of sp³-hybridized carbons (Fsp3) is 0.229. The Morgan fingerprint density at radius 2 is 1.96 bits per heavy atom. The molecule has 4 N–H and O–H groups in total. The van der Waals surface area contributed by atoms with Crippen LogP contribution >= 0.6 is 0 Å². The average molecular weight is 659 g/mol. The second-order valence-electron chi connectivity index (χ2n) is 11.3. The normalized spacial score (nSPS) is 14.4. The number of amides is 1. The molecule has 9 nitrogen and oxygen atoms in total. The van der Waals surface area contributed by atoms with Crippen LogP contribution < -0.4 is 16.5 Å². The van der Waals surface area contributed by atoms with Gasteiger partial charge in [0.2, 0.25) is 0 Å². The molecule has 13 heteroatoms. The largest absolute Gasteiger partial charge is 0.416 e. The molecule has 4 aromatic rings. The van der Waals surface area contributed by atoms with Crippen LogP contribution in [0.4, 0.5) is 28.9 Å². The lowest BCUT2D eigenvalue weighted by molar-refractivity contribution is -0.138. The SMILES string of the molecule is C=C1CN(Cc2ccc(NC(=O)c3cc(C#Cc4cnc5c(NC(/C=N\N)=C/C)cccn45)c(C)cc3F)cc2C(F)(F)F)CCN1C. The van der Waals surface area contributed by atoms with E-state index in [0.717, 1.165) is 11.8 Å². The highest BCUT2D eigenvalue weighted by Crippen LogP contribution is 2.35. The van der Waals surface area contributed by atoms with Gasteiger partial charge in [0.05, 0.1) is 34.9 Å². The Labute approximate surface area is 275 Å². The van der Waals surface area contributed by atoms with Gasteiger partial charge in [-0.25, -0.2) is 9.37 Å². The van der Waals surface area contributed by atoms with E-state index in [4.69, 9.17) is 5.84 Å². The molecular formula is C35H34F4N8O. The summed E-state index contributed by atoms with van der Waals surface area (Å²) in [6, 6.07) is 9.69. The lowest BCUT2D eigenvalue weighted by Crippen LogP contribution is -2.42. The van der Waals surface area contributed by atoms with E-state index < -0.39 is 23.5 Å². The zero-order chi connectivity index (χ0) is 34.6. The van der Waals surface area contributed by atoms with Crippen molar-refractivity contribution in [2.45, 2.75) is 26.6 Å². The Hall–Kier alpha value is -5.61. The van der Waals surface area contributed by atoms with Gasteiger partial charge in [-0.3, -0.25) is 14.1 Å². The number of piperazine rings is 1. The first kappa shape index (κ1) is 33.7. The molecule has 0 radical (unpaired) electrons. The first-order valence-corrected chi connectivity index (χ1v) is 15.0. The maximum Gasteiger partial charge on any atom is 0.416 e. The van der Waals surface area contributed by atoms with Crippen LogP contribution in [0, 0.1) is 24.6 Å². The van der Waals surface area contributed by atoms with E-state index in [-0.39, 0.29) is 23.4 Å². The number of carbonyl (C=O) groups excluding carboxylic acids is 1. The fourth-order valence-corrected chi connectivity index (χ4v) is 5.27. The van der Waals surface area contributed by atoms with Crippen molar-refractivity contribution in [2.75, 3.05) is 37.3 Å². The third kappa shape index (κ3) is 7.50. The molecular weight excluding hydrogens is 624 g/mol. The van der Waals surface area contributed by atoms with Crippen LogP contribution in [0.3, 0.4) is 0 Å². The van der Waals surface area contributed by atoms with E-state index in [2.05, 4.69) is 39.1 Å². The second-order valence-corrected chi connectivity index (χ2v) is 11.3. The summed E-state index contributed by atoms with van der Waals surface area (Å²) in [7, 11) is 1.89. The number of nitrogens with zero attached hydrogens (tertiary/aromatic N) is 5. The number of hydrogen-bond acceptors (Lipinski definition) is 7. The van der Waals surface area contributed by atoms with Crippen LogP contribution in [0.2, 0.25) is 0 Å². The zero-order valence-corrected chi connectivity index (χ0v) is 26.6. The average Bonchev–Trinajstić information content (AvgIpc) is 3.46. The summed E-state index contributed by atoms with van der Waals surface area (Å²) in [5.41, 5.74) is 2.84. The lowest BCUT2D eigenvalue weighted by atomic mass is 10.0. The van der Waals surface area contributed by atoms with Gasteiger partial charge in [-0.15, -0.1) is 0 Å². The first-order valence-electron chi connectivity index (χ1n) is 15.0. The molecule has 0 saturated carbocycles. The first-order chi connectivity index (χ1) is 22.9. The van der Waals surface area contributed by atoms with Crippen molar-refractivity contribution in [3.63, 3.8) is 0 Å². The van der Waals surface area contributed by atoms with Crippen LogP contribution in [0.1, 0.15) is 45.2 Å². The van der Waals surface area contributed by atoms with Gasteiger partial charge in [-0.1, -0.05) is 24.6 Å². The highest BCUT2D eigenvalue weighted by atomic mass is 19.4. The molecule has 1 amide bonds. The summed E-state index contributed by atoms with van der Waals surface area (Å²) in [6.07, 6.45) is 1.96. The van der Waals surface area contributed by atoms with Crippen LogP contribution in [-0.2, 0) is 12.7 Å². The highest BCUT2D eigenvalue weighted by molar-refractivity contribution is 6.04. The number of carbonyl (C=O) groups is 1. The summed E-state index contributed by atoms with van der Waals surface area (Å²) >= 11 is 0. The van der Waals surface area contributed by atoms with Crippen LogP contribution in [0.5, 0.6) is 0 Å². The van der Waals surface area contributed by atoms with E-state index in [1.165, 1.54) is 30.5 Å². The summed E-state index contributed by atoms with van der Waals surface area (Å²) in [5, 5.41) is 9.16. The molecule has 0 unspecified atom stereocenters. The van der Waals surface area contributed by atoms with Gasteiger partial charge in [0.25, 0.3) is 5.91 Å². The van der Waals surface area contributed by atoms with Crippen molar-refractivity contribution >= 4 is 29.1 Å². The van der Waals surface area contributed by atoms with Crippen molar-refractivity contribution in [3.8, 4) is 11.8 Å². The smallest absolute Gasteiger partial charge is 0.376 e. The third-order valence-electron chi connectivity index (χ3n) is 7.99. The van der Waals surface area contributed by atoms with Crippen molar-refractivity contribution < 1.29 is 22.4 Å². The van der Waals surface area contributed by atoms with E-state index in [9.17, 15) is 18.0 Å². The predicted octanol–water partition coefficient (Wildman–Crippen LogP) is 5.97. The van der Waals surface area contributed by atoms with Crippen molar-refractivity contribution in [2.24, 2.45) is 10.9 Å². The Morgan fingerprint density at radius 3 is 2.67 bits per heavy atom. The molecule has 5 rings (SSSR count). The number of fused-ring (bicyclic) bond motifs is 1. The molecule has 0 spiro atoms. The highest BCUT2D eigenvalue weighted by Gasteiger charge is 2.34. The number of anilines is 2. The Bertz CT molecular complexity index is 2000. The Morgan fingerprint density at radius 1 is 1.17 bits per heavy atom. The minimum atomic E-state index is -4.67. The number of hydrogen-bond donors (Lipinski definition) is 3. The van der Waals surface area contributed by atoms with E-state index >= 15 is 4.39 Å². The summed E-state index contributed by atoms with van der Waals surface area (Å²) < 4.78 is 59.1. The van der Waals surface area contributed by atoms with Crippen molar-refractivity contribution in [3.05, 3.63) is 118 Å². The van der Waals surface area contributed by atoms with Crippen molar-refractivity contribution in [1.29, 1.82) is 0 Å². The zero-order valence-electron chi connectivity index (χ0n) is 26.6. The molecule has 248 valence electrons. The molecule has 2 aromatic heterocycles. The molecule has 1 aliphatic rings. The minimum Gasteiger partial charge on any atom is -0.376 e. The Kier molecular flexibility index (Phi) is 9.86. The van der Waals surface area contributed by atoms with Crippen LogP contribution in [0.15, 0.2) is 84.0 Å². The number of nitrogens with two attached hydrogens (primary N) is 1. The predicted molar refractivity (Wildman–Crippen MR) is 179 cm³/mol. The molecule has 3 heterocycles. The number of halogens is 4. The van der Waals surface area contributed by atoms with Crippen molar-refractivity contribution in [1.82, 2.24) is 19.2 Å². The van der Waals surface area contributed by atoms with Gasteiger partial charge >= 0.3 is 6.18 Å². The molecule has 2 aromatic carbocycles.